The van der Waals surface area contributed by atoms with Crippen molar-refractivity contribution >= 4 is 28.2 Å². The molecule has 7 heteroatoms. The highest BCUT2D eigenvalue weighted by Gasteiger charge is 2.16. The summed E-state index contributed by atoms with van der Waals surface area (Å²) in [6.07, 6.45) is 1.73. The van der Waals surface area contributed by atoms with E-state index < -0.39 is 0 Å². The van der Waals surface area contributed by atoms with Crippen LogP contribution in [-0.4, -0.2) is 57.8 Å². The minimum absolute atomic E-state index is 0.678. The summed E-state index contributed by atoms with van der Waals surface area (Å²) in [6, 6.07) is 18.6. The van der Waals surface area contributed by atoms with E-state index in [0.717, 1.165) is 60.8 Å². The van der Waals surface area contributed by atoms with Crippen LogP contribution in [0.1, 0.15) is 6.92 Å². The Morgan fingerprint density at radius 1 is 0.933 bits per heavy atom. The summed E-state index contributed by atoms with van der Waals surface area (Å²) in [5.74, 6) is 1.40. The van der Waals surface area contributed by atoms with E-state index in [-0.39, 0.29) is 0 Å². The number of benzene rings is 2. The Morgan fingerprint density at radius 2 is 1.70 bits per heavy atom. The Kier molecular flexibility index (Phi) is 5.03. The van der Waals surface area contributed by atoms with Crippen LogP contribution in [-0.2, 0) is 0 Å². The number of hydrogen-bond acceptors (Lipinski definition) is 6. The summed E-state index contributed by atoms with van der Waals surface area (Å²) in [6.45, 7) is 7.74. The fourth-order valence-electron chi connectivity index (χ4n) is 3.86. The zero-order valence-corrected chi connectivity index (χ0v) is 17.0. The third kappa shape index (κ3) is 3.71. The quantitative estimate of drug-likeness (QED) is 0.530. The smallest absolute Gasteiger partial charge is 0.162 e. The molecule has 1 saturated heterocycles. The standard InChI is InChI=1S/C23H25N7/c1-2-29-12-14-30(15-13-29)19-10-8-18(9-11-19)25-23-21-20(16-24-28-21)26-22(27-23)17-6-4-3-5-7-17/h3-11,16H,2,12-15H2,1H3,(H,24,28)(H,25,26,27). The molecule has 7 nitrogen and oxygen atoms in total. The number of piperazine rings is 1. The average Bonchev–Trinajstić information content (AvgIpc) is 3.29. The first-order valence-electron chi connectivity index (χ1n) is 10.4. The van der Waals surface area contributed by atoms with E-state index >= 15 is 0 Å². The van der Waals surface area contributed by atoms with Crippen LogP contribution in [0.3, 0.4) is 0 Å². The predicted octanol–water partition coefficient (Wildman–Crippen LogP) is 3.91. The van der Waals surface area contributed by atoms with Gasteiger partial charge in [-0.05, 0) is 30.8 Å². The number of nitrogens with one attached hydrogen (secondary N) is 2. The van der Waals surface area contributed by atoms with Gasteiger partial charge in [0.15, 0.2) is 11.6 Å². The number of rotatable bonds is 5. The van der Waals surface area contributed by atoms with Gasteiger partial charge in [-0.3, -0.25) is 5.10 Å². The van der Waals surface area contributed by atoms with E-state index in [0.29, 0.717) is 5.82 Å². The highest BCUT2D eigenvalue weighted by molar-refractivity contribution is 5.88. The molecule has 0 unspecified atom stereocenters. The molecule has 0 radical (unpaired) electrons. The highest BCUT2D eigenvalue weighted by atomic mass is 15.3. The largest absolute Gasteiger partial charge is 0.369 e. The van der Waals surface area contributed by atoms with E-state index in [1.165, 1.54) is 5.69 Å². The lowest BCUT2D eigenvalue weighted by Gasteiger charge is -2.35. The van der Waals surface area contributed by atoms with Gasteiger partial charge < -0.3 is 15.1 Å². The molecule has 30 heavy (non-hydrogen) atoms. The number of fused-ring (bicyclic) bond motifs is 1. The fraction of sp³-hybridized carbons (Fsp3) is 0.261. The Labute approximate surface area is 175 Å². The van der Waals surface area contributed by atoms with Gasteiger partial charge in [-0.1, -0.05) is 37.3 Å². The SMILES string of the molecule is CCN1CCN(c2ccc(Nc3nc(-c4ccccc4)nc4cn[nH]c34)cc2)CC1. The first-order valence-corrected chi connectivity index (χ1v) is 10.4. The molecule has 4 aromatic rings. The maximum atomic E-state index is 4.76. The number of likely N-dealkylation sites (N-methyl/N-ethyl adjacent to an activating group) is 1. The topological polar surface area (TPSA) is 73.0 Å². The van der Waals surface area contributed by atoms with Crippen molar-refractivity contribution in [2.75, 3.05) is 42.9 Å². The third-order valence-electron chi connectivity index (χ3n) is 5.65. The van der Waals surface area contributed by atoms with Gasteiger partial charge in [-0.2, -0.15) is 5.10 Å². The van der Waals surface area contributed by atoms with Crippen molar-refractivity contribution in [1.29, 1.82) is 0 Å². The predicted molar refractivity (Wildman–Crippen MR) is 121 cm³/mol. The van der Waals surface area contributed by atoms with Crippen LogP contribution < -0.4 is 10.2 Å². The van der Waals surface area contributed by atoms with E-state index in [2.05, 4.69) is 61.5 Å². The zero-order chi connectivity index (χ0) is 20.3. The minimum atomic E-state index is 0.678. The van der Waals surface area contributed by atoms with Crippen LogP contribution in [0.5, 0.6) is 0 Å². The average molecular weight is 400 g/mol. The second kappa shape index (κ2) is 8.12. The van der Waals surface area contributed by atoms with Crippen molar-refractivity contribution in [3.63, 3.8) is 0 Å². The third-order valence-corrected chi connectivity index (χ3v) is 5.65. The van der Waals surface area contributed by atoms with Gasteiger partial charge in [0, 0.05) is 43.1 Å². The molecule has 0 bridgehead atoms. The molecule has 0 aliphatic carbocycles. The van der Waals surface area contributed by atoms with Gasteiger partial charge in [-0.25, -0.2) is 9.97 Å². The summed E-state index contributed by atoms with van der Waals surface area (Å²) in [4.78, 5) is 14.3. The van der Waals surface area contributed by atoms with Crippen molar-refractivity contribution in [3.05, 3.63) is 60.8 Å². The van der Waals surface area contributed by atoms with Crippen molar-refractivity contribution in [1.82, 2.24) is 25.1 Å². The lowest BCUT2D eigenvalue weighted by Crippen LogP contribution is -2.46. The molecule has 3 heterocycles. The van der Waals surface area contributed by atoms with Gasteiger partial charge in [0.1, 0.15) is 11.0 Å². The number of aromatic nitrogens is 4. The summed E-state index contributed by atoms with van der Waals surface area (Å²) in [5.41, 5.74) is 4.81. The molecule has 0 atom stereocenters. The van der Waals surface area contributed by atoms with Gasteiger partial charge in [0.2, 0.25) is 0 Å². The van der Waals surface area contributed by atoms with Crippen LogP contribution in [0.15, 0.2) is 60.8 Å². The zero-order valence-electron chi connectivity index (χ0n) is 17.0. The van der Waals surface area contributed by atoms with E-state index in [4.69, 9.17) is 4.98 Å². The second-order valence-corrected chi connectivity index (χ2v) is 7.49. The molecule has 152 valence electrons. The molecule has 1 aliphatic rings. The van der Waals surface area contributed by atoms with Crippen molar-refractivity contribution in [2.24, 2.45) is 0 Å². The van der Waals surface area contributed by atoms with Crippen LogP contribution in [0.25, 0.3) is 22.4 Å². The number of H-pyrrole nitrogens is 1. The molecule has 0 saturated carbocycles. The molecule has 1 aliphatic heterocycles. The number of hydrogen-bond donors (Lipinski definition) is 2. The highest BCUT2D eigenvalue weighted by Crippen LogP contribution is 2.27. The molecule has 0 amide bonds. The minimum Gasteiger partial charge on any atom is -0.369 e. The molecule has 2 aromatic heterocycles. The summed E-state index contributed by atoms with van der Waals surface area (Å²) < 4.78 is 0. The number of anilines is 3. The monoisotopic (exact) mass is 399 g/mol. The lowest BCUT2D eigenvalue weighted by molar-refractivity contribution is 0.271. The Bertz CT molecular complexity index is 1110. The van der Waals surface area contributed by atoms with Gasteiger partial charge in [0.25, 0.3) is 0 Å². The molecule has 1 fully saturated rings. The second-order valence-electron chi connectivity index (χ2n) is 7.49. The van der Waals surface area contributed by atoms with E-state index in [1.54, 1.807) is 6.20 Å². The molecule has 2 aromatic carbocycles. The summed E-state index contributed by atoms with van der Waals surface area (Å²) >= 11 is 0. The molecule has 2 N–H and O–H groups in total. The fourth-order valence-corrected chi connectivity index (χ4v) is 3.86. The first kappa shape index (κ1) is 18.6. The van der Waals surface area contributed by atoms with Crippen molar-refractivity contribution < 1.29 is 0 Å². The maximum absolute atomic E-state index is 4.76. The van der Waals surface area contributed by atoms with Gasteiger partial charge in [-0.15, -0.1) is 0 Å². The summed E-state index contributed by atoms with van der Waals surface area (Å²) in [5, 5.41) is 10.6. The van der Waals surface area contributed by atoms with Crippen LogP contribution in [0.2, 0.25) is 0 Å². The van der Waals surface area contributed by atoms with Crippen LogP contribution in [0, 0.1) is 0 Å². The Hall–Kier alpha value is -3.45. The van der Waals surface area contributed by atoms with Crippen LogP contribution >= 0.6 is 0 Å². The van der Waals surface area contributed by atoms with E-state index in [1.807, 2.05) is 30.3 Å². The van der Waals surface area contributed by atoms with Gasteiger partial charge >= 0.3 is 0 Å². The van der Waals surface area contributed by atoms with Crippen molar-refractivity contribution in [2.45, 2.75) is 6.92 Å². The first-order chi connectivity index (χ1) is 14.8. The molecule has 5 rings (SSSR count). The van der Waals surface area contributed by atoms with Crippen molar-refractivity contribution in [3.8, 4) is 11.4 Å². The number of nitrogens with zero attached hydrogens (tertiary/aromatic N) is 5. The Morgan fingerprint density at radius 3 is 2.43 bits per heavy atom. The Balaban J connectivity index is 1.38. The van der Waals surface area contributed by atoms with E-state index in [9.17, 15) is 0 Å². The van der Waals surface area contributed by atoms with Gasteiger partial charge in [0.05, 0.1) is 6.20 Å². The molecular formula is C23H25N7. The lowest BCUT2D eigenvalue weighted by atomic mass is 10.2. The summed E-state index contributed by atoms with van der Waals surface area (Å²) in [7, 11) is 0. The molecule has 0 spiro atoms. The number of aromatic amines is 1. The normalized spacial score (nSPS) is 14.9. The van der Waals surface area contributed by atoms with Crippen LogP contribution in [0.4, 0.5) is 17.2 Å². The maximum Gasteiger partial charge on any atom is 0.162 e. The molecular weight excluding hydrogens is 374 g/mol.